The van der Waals surface area contributed by atoms with E-state index in [2.05, 4.69) is 0 Å². The van der Waals surface area contributed by atoms with Crippen molar-refractivity contribution in [1.82, 2.24) is 0 Å². The summed E-state index contributed by atoms with van der Waals surface area (Å²) in [6.07, 6.45) is 0. The van der Waals surface area contributed by atoms with E-state index in [9.17, 15) is 4.39 Å². The summed E-state index contributed by atoms with van der Waals surface area (Å²) in [4.78, 5) is 0. The zero-order valence-corrected chi connectivity index (χ0v) is 8.84. The Kier molecular flexibility index (Phi) is 4.16. The fourth-order valence-electron chi connectivity index (χ4n) is 1.03. The molecule has 0 saturated heterocycles. The summed E-state index contributed by atoms with van der Waals surface area (Å²) in [5.41, 5.74) is 5.89. The van der Waals surface area contributed by atoms with Gasteiger partial charge >= 0.3 is 0 Å². The van der Waals surface area contributed by atoms with Crippen LogP contribution in [0.3, 0.4) is 0 Å². The smallest absolute Gasteiger partial charge is 0.165 e. The molecule has 2 aromatic carbocycles. The van der Waals surface area contributed by atoms with Gasteiger partial charge in [-0.15, -0.1) is 0 Å². The number of benzene rings is 2. The highest BCUT2D eigenvalue weighted by Crippen LogP contribution is 2.19. The lowest BCUT2D eigenvalue weighted by atomic mass is 10.3. The van der Waals surface area contributed by atoms with Gasteiger partial charge in [-0.1, -0.05) is 6.07 Å². The molecule has 0 spiro atoms. The highest BCUT2D eigenvalue weighted by atomic mass is 19.1. The predicted molar refractivity (Wildman–Crippen MR) is 62.2 cm³/mol. The van der Waals surface area contributed by atoms with Gasteiger partial charge < -0.3 is 21.1 Å². The number of hydrogen-bond acceptors (Lipinski definition) is 4. The van der Waals surface area contributed by atoms with E-state index in [1.54, 1.807) is 18.2 Å². The van der Waals surface area contributed by atoms with Crippen molar-refractivity contribution in [2.24, 2.45) is 0 Å². The molecule has 0 aliphatic heterocycles. The van der Waals surface area contributed by atoms with Gasteiger partial charge in [-0.3, -0.25) is 0 Å². The zero-order chi connectivity index (χ0) is 12.8. The maximum absolute atomic E-state index is 12.1. The number of aromatic hydroxyl groups is 3. The first-order valence-electron chi connectivity index (χ1n) is 4.71. The number of nitrogens with two attached hydrogens (primary N) is 1. The highest BCUT2D eigenvalue weighted by molar-refractivity contribution is 5.42. The van der Waals surface area contributed by atoms with Crippen molar-refractivity contribution in [3.05, 3.63) is 48.3 Å². The SMILES string of the molecule is Nc1cccc(O)c1.Oc1ccc(F)c(O)c1. The quantitative estimate of drug-likeness (QED) is 0.529. The Morgan fingerprint density at radius 2 is 1.53 bits per heavy atom. The van der Waals surface area contributed by atoms with Crippen LogP contribution in [0.2, 0.25) is 0 Å². The summed E-state index contributed by atoms with van der Waals surface area (Å²) in [6, 6.07) is 9.59. The van der Waals surface area contributed by atoms with Crippen molar-refractivity contribution >= 4 is 5.69 Å². The molecular weight excluding hydrogens is 225 g/mol. The van der Waals surface area contributed by atoms with Gasteiger partial charge in [0.2, 0.25) is 0 Å². The van der Waals surface area contributed by atoms with E-state index < -0.39 is 11.6 Å². The molecule has 0 unspecified atom stereocenters. The van der Waals surface area contributed by atoms with Crippen molar-refractivity contribution in [3.63, 3.8) is 0 Å². The van der Waals surface area contributed by atoms with E-state index in [1.165, 1.54) is 6.07 Å². The molecule has 5 heteroatoms. The van der Waals surface area contributed by atoms with Gasteiger partial charge in [-0.2, -0.15) is 0 Å². The molecule has 0 saturated carbocycles. The molecule has 0 bridgehead atoms. The molecule has 5 N–H and O–H groups in total. The van der Waals surface area contributed by atoms with Crippen LogP contribution in [-0.2, 0) is 0 Å². The minimum atomic E-state index is -0.729. The summed E-state index contributed by atoms with van der Waals surface area (Å²) < 4.78 is 12.1. The normalized spacial score (nSPS) is 9.24. The molecule has 0 aromatic heterocycles. The summed E-state index contributed by atoms with van der Waals surface area (Å²) in [5, 5.41) is 25.9. The molecule has 0 aliphatic carbocycles. The van der Waals surface area contributed by atoms with Gasteiger partial charge in [0.25, 0.3) is 0 Å². The molecule has 0 heterocycles. The van der Waals surface area contributed by atoms with Gasteiger partial charge in [0.05, 0.1) is 0 Å². The van der Waals surface area contributed by atoms with E-state index in [0.29, 0.717) is 5.69 Å². The second kappa shape index (κ2) is 5.60. The number of nitrogen functional groups attached to an aromatic ring is 1. The molecule has 0 radical (unpaired) electrons. The lowest BCUT2D eigenvalue weighted by molar-refractivity contribution is 0.419. The standard InChI is InChI=1S/C6H5FO2.C6H7NO/c7-5-2-1-4(8)3-6(5)9;7-5-2-1-3-6(8)4-5/h1-3,8-9H;1-4,8H,7H2. The molecule has 0 aliphatic rings. The average Bonchev–Trinajstić information content (AvgIpc) is 2.24. The molecule has 90 valence electrons. The van der Waals surface area contributed by atoms with Crippen LogP contribution in [0.5, 0.6) is 17.2 Å². The number of phenolic OH excluding ortho intramolecular Hbond substituents is 3. The first kappa shape index (κ1) is 12.6. The zero-order valence-electron chi connectivity index (χ0n) is 8.84. The highest BCUT2D eigenvalue weighted by Gasteiger charge is 1.97. The van der Waals surface area contributed by atoms with Crippen LogP contribution in [0, 0.1) is 5.82 Å². The Hall–Kier alpha value is -2.43. The van der Waals surface area contributed by atoms with Crippen molar-refractivity contribution in [3.8, 4) is 17.2 Å². The fourth-order valence-corrected chi connectivity index (χ4v) is 1.03. The Morgan fingerprint density at radius 3 is 1.94 bits per heavy atom. The van der Waals surface area contributed by atoms with E-state index in [-0.39, 0.29) is 11.5 Å². The summed E-state index contributed by atoms with van der Waals surface area (Å²) in [6.45, 7) is 0. The molecule has 2 rings (SSSR count). The largest absolute Gasteiger partial charge is 0.508 e. The van der Waals surface area contributed by atoms with Crippen molar-refractivity contribution < 1.29 is 19.7 Å². The molecule has 17 heavy (non-hydrogen) atoms. The lowest BCUT2D eigenvalue weighted by Gasteiger charge is -1.93. The number of hydrogen-bond donors (Lipinski definition) is 4. The number of phenols is 3. The van der Waals surface area contributed by atoms with Crippen LogP contribution in [0.25, 0.3) is 0 Å². The number of halogens is 1. The van der Waals surface area contributed by atoms with E-state index in [4.69, 9.17) is 21.1 Å². The number of anilines is 1. The minimum absolute atomic E-state index is 0.145. The van der Waals surface area contributed by atoms with Gasteiger partial charge in [0.1, 0.15) is 11.5 Å². The van der Waals surface area contributed by atoms with Gasteiger partial charge in [-0.25, -0.2) is 4.39 Å². The Labute approximate surface area is 97.4 Å². The molecule has 0 fully saturated rings. The third-order valence-corrected chi connectivity index (χ3v) is 1.80. The molecular formula is C12H12FNO3. The maximum atomic E-state index is 12.1. The van der Waals surface area contributed by atoms with Crippen LogP contribution >= 0.6 is 0 Å². The van der Waals surface area contributed by atoms with Crippen LogP contribution in [0.4, 0.5) is 10.1 Å². The van der Waals surface area contributed by atoms with Crippen LogP contribution < -0.4 is 5.73 Å². The van der Waals surface area contributed by atoms with Crippen LogP contribution in [0.15, 0.2) is 42.5 Å². The molecule has 0 amide bonds. The predicted octanol–water partition coefficient (Wildman–Crippen LogP) is 2.21. The molecule has 2 aromatic rings. The third-order valence-electron chi connectivity index (χ3n) is 1.80. The minimum Gasteiger partial charge on any atom is -0.508 e. The Morgan fingerprint density at radius 1 is 0.882 bits per heavy atom. The number of rotatable bonds is 0. The monoisotopic (exact) mass is 237 g/mol. The maximum Gasteiger partial charge on any atom is 0.165 e. The average molecular weight is 237 g/mol. The summed E-state index contributed by atoms with van der Waals surface area (Å²) >= 11 is 0. The fraction of sp³-hybridized carbons (Fsp3) is 0. The Bertz CT molecular complexity index is 486. The van der Waals surface area contributed by atoms with E-state index in [0.717, 1.165) is 18.2 Å². The van der Waals surface area contributed by atoms with Gasteiger partial charge in [0.15, 0.2) is 11.6 Å². The second-order valence-electron chi connectivity index (χ2n) is 3.23. The summed E-state index contributed by atoms with van der Waals surface area (Å²) in [7, 11) is 0. The first-order valence-corrected chi connectivity index (χ1v) is 4.71. The van der Waals surface area contributed by atoms with Crippen molar-refractivity contribution in [1.29, 1.82) is 0 Å². The van der Waals surface area contributed by atoms with Crippen molar-refractivity contribution in [2.45, 2.75) is 0 Å². The second-order valence-corrected chi connectivity index (χ2v) is 3.23. The van der Waals surface area contributed by atoms with Crippen LogP contribution in [-0.4, -0.2) is 15.3 Å². The van der Waals surface area contributed by atoms with Gasteiger partial charge in [0, 0.05) is 17.8 Å². The third kappa shape index (κ3) is 4.29. The van der Waals surface area contributed by atoms with Gasteiger partial charge in [-0.05, 0) is 24.3 Å². The van der Waals surface area contributed by atoms with Crippen LogP contribution in [0.1, 0.15) is 0 Å². The first-order chi connectivity index (χ1) is 7.99. The topological polar surface area (TPSA) is 86.7 Å². The Balaban J connectivity index is 0.000000171. The lowest BCUT2D eigenvalue weighted by Crippen LogP contribution is -1.80. The molecule has 0 atom stereocenters. The molecule has 4 nitrogen and oxygen atoms in total. The van der Waals surface area contributed by atoms with E-state index in [1.807, 2.05) is 0 Å². The summed E-state index contributed by atoms with van der Waals surface area (Å²) in [5.74, 6) is -1.19. The van der Waals surface area contributed by atoms with Crippen molar-refractivity contribution in [2.75, 3.05) is 5.73 Å². The van der Waals surface area contributed by atoms with E-state index >= 15 is 0 Å².